The third-order valence-corrected chi connectivity index (χ3v) is 6.38. The molecular weight excluding hydrogens is 445 g/mol. The number of hydrogen-bond donors (Lipinski definition) is 1. The summed E-state index contributed by atoms with van der Waals surface area (Å²) in [4.78, 5) is 30.2. The molecule has 33 heavy (non-hydrogen) atoms. The first-order valence-electron chi connectivity index (χ1n) is 10.7. The predicted octanol–water partition coefficient (Wildman–Crippen LogP) is 4.77. The van der Waals surface area contributed by atoms with Crippen molar-refractivity contribution in [2.24, 2.45) is 5.92 Å². The molecule has 172 valence electrons. The summed E-state index contributed by atoms with van der Waals surface area (Å²) >= 11 is 1.81. The average Bonchev–Trinajstić information content (AvgIpc) is 2.86. The van der Waals surface area contributed by atoms with Crippen LogP contribution in [0.15, 0.2) is 60.7 Å². The molecule has 3 aromatic carbocycles. The molecule has 4 rings (SSSR count). The van der Waals surface area contributed by atoms with Gasteiger partial charge in [0.2, 0.25) is 0 Å². The highest BCUT2D eigenvalue weighted by molar-refractivity contribution is 7.99. The molecule has 0 atom stereocenters. The smallest absolute Gasteiger partial charge is 0.335 e. The minimum atomic E-state index is -0.561. The van der Waals surface area contributed by atoms with Gasteiger partial charge in [0.25, 0.3) is 5.91 Å². The first-order chi connectivity index (χ1) is 16.1. The topological polar surface area (TPSA) is 73.9 Å². The summed E-state index contributed by atoms with van der Waals surface area (Å²) in [6.45, 7) is 0.357. The maximum Gasteiger partial charge on any atom is 0.335 e. The Morgan fingerprint density at radius 3 is 2.45 bits per heavy atom. The Balaban J connectivity index is 1.43. The lowest BCUT2D eigenvalue weighted by molar-refractivity contribution is -0.154. The molecule has 0 aromatic heterocycles. The number of hydroxylamine groups is 1. The standard InChI is InChI=1S/C25H24FNO5S/c26-19-6-8-20(9-7-19)30-13-14-31-23-21-4-2-1-3-17(21)5-10-22(23)24(28)27-32-25(29)18-11-15-33-16-12-18/h1-10,18H,11-16H2,(H,27,28). The van der Waals surface area contributed by atoms with Gasteiger partial charge in [0.1, 0.15) is 30.5 Å². The maximum atomic E-state index is 13.0. The van der Waals surface area contributed by atoms with Crippen LogP contribution < -0.4 is 15.0 Å². The van der Waals surface area contributed by atoms with Crippen LogP contribution in [0.5, 0.6) is 11.5 Å². The third kappa shape index (κ3) is 5.96. The van der Waals surface area contributed by atoms with Gasteiger partial charge >= 0.3 is 5.97 Å². The molecule has 3 aromatic rings. The van der Waals surface area contributed by atoms with E-state index in [1.807, 2.05) is 42.1 Å². The number of nitrogens with one attached hydrogen (secondary N) is 1. The van der Waals surface area contributed by atoms with Gasteiger partial charge in [-0.3, -0.25) is 4.79 Å². The van der Waals surface area contributed by atoms with Gasteiger partial charge in [0.05, 0.1) is 11.5 Å². The first kappa shape index (κ1) is 22.9. The summed E-state index contributed by atoms with van der Waals surface area (Å²) in [6, 6.07) is 16.7. The van der Waals surface area contributed by atoms with Crippen LogP contribution in [0.3, 0.4) is 0 Å². The summed E-state index contributed by atoms with van der Waals surface area (Å²) in [5, 5.41) is 1.66. The molecule has 0 aliphatic carbocycles. The highest BCUT2D eigenvalue weighted by atomic mass is 32.2. The van der Waals surface area contributed by atoms with Crippen LogP contribution in [-0.2, 0) is 9.63 Å². The second-order valence-electron chi connectivity index (χ2n) is 7.55. The normalized spacial score (nSPS) is 14.0. The Morgan fingerprint density at radius 1 is 0.939 bits per heavy atom. The minimum absolute atomic E-state index is 0.158. The number of hydrogen-bond acceptors (Lipinski definition) is 6. The number of rotatable bonds is 7. The van der Waals surface area contributed by atoms with Gasteiger partial charge in [-0.05, 0) is 60.1 Å². The van der Waals surface area contributed by atoms with E-state index in [2.05, 4.69) is 5.48 Å². The number of benzene rings is 3. The molecule has 1 aliphatic heterocycles. The lowest BCUT2D eigenvalue weighted by Gasteiger charge is -2.19. The molecule has 6 nitrogen and oxygen atoms in total. The van der Waals surface area contributed by atoms with Crippen molar-refractivity contribution in [1.29, 1.82) is 0 Å². The molecule has 1 heterocycles. The van der Waals surface area contributed by atoms with Crippen LogP contribution in [0.2, 0.25) is 0 Å². The molecule has 0 saturated carbocycles. The zero-order valence-electron chi connectivity index (χ0n) is 17.9. The number of ether oxygens (including phenoxy) is 2. The van der Waals surface area contributed by atoms with E-state index in [1.165, 1.54) is 24.3 Å². The van der Waals surface area contributed by atoms with Crippen LogP contribution in [0.4, 0.5) is 4.39 Å². The monoisotopic (exact) mass is 469 g/mol. The van der Waals surface area contributed by atoms with Gasteiger partial charge < -0.3 is 14.3 Å². The SMILES string of the molecule is O=C(NOC(=O)C1CCSCC1)c1ccc2ccccc2c1OCCOc1ccc(F)cc1. The van der Waals surface area contributed by atoms with Crippen molar-refractivity contribution in [3.8, 4) is 11.5 Å². The van der Waals surface area contributed by atoms with Crippen molar-refractivity contribution in [2.75, 3.05) is 24.7 Å². The van der Waals surface area contributed by atoms with Gasteiger partial charge in [-0.15, -0.1) is 0 Å². The minimum Gasteiger partial charge on any atom is -0.490 e. The number of fused-ring (bicyclic) bond motifs is 1. The van der Waals surface area contributed by atoms with Gasteiger partial charge in [-0.25, -0.2) is 9.18 Å². The zero-order chi connectivity index (χ0) is 23.0. The predicted molar refractivity (Wildman–Crippen MR) is 125 cm³/mol. The fourth-order valence-corrected chi connectivity index (χ4v) is 4.69. The second kappa shape index (κ2) is 11.0. The van der Waals surface area contributed by atoms with Gasteiger partial charge in [-0.2, -0.15) is 17.2 Å². The van der Waals surface area contributed by atoms with Gasteiger partial charge in [0, 0.05) is 5.39 Å². The third-order valence-electron chi connectivity index (χ3n) is 5.34. The first-order valence-corrected chi connectivity index (χ1v) is 11.9. The molecule has 0 unspecified atom stereocenters. The molecular formula is C25H24FNO5S. The maximum absolute atomic E-state index is 13.0. The Hall–Kier alpha value is -3.26. The van der Waals surface area contributed by atoms with Crippen LogP contribution in [0.25, 0.3) is 10.8 Å². The Morgan fingerprint density at radius 2 is 1.67 bits per heavy atom. The van der Waals surface area contributed by atoms with Crippen LogP contribution in [0.1, 0.15) is 23.2 Å². The Labute approximate surface area is 195 Å². The Bertz CT molecular complexity index is 1120. The van der Waals surface area contributed by atoms with Crippen molar-refractivity contribution in [1.82, 2.24) is 5.48 Å². The fourth-order valence-electron chi connectivity index (χ4n) is 3.58. The Kier molecular flexibility index (Phi) is 7.67. The van der Waals surface area contributed by atoms with Crippen molar-refractivity contribution in [3.63, 3.8) is 0 Å². The number of carbonyl (C=O) groups is 2. The number of thioether (sulfide) groups is 1. The lowest BCUT2D eigenvalue weighted by Crippen LogP contribution is -2.32. The summed E-state index contributed by atoms with van der Waals surface area (Å²) in [5.74, 6) is 1.21. The van der Waals surface area contributed by atoms with Crippen LogP contribution in [0, 0.1) is 11.7 Å². The van der Waals surface area contributed by atoms with Crippen molar-refractivity contribution >= 4 is 34.4 Å². The highest BCUT2D eigenvalue weighted by Crippen LogP contribution is 2.30. The van der Waals surface area contributed by atoms with Crippen molar-refractivity contribution < 1.29 is 28.3 Å². The summed E-state index contributed by atoms with van der Waals surface area (Å²) in [7, 11) is 0. The molecule has 1 N–H and O–H groups in total. The van der Waals surface area contributed by atoms with E-state index in [0.29, 0.717) is 11.5 Å². The molecule has 0 spiro atoms. The fraction of sp³-hybridized carbons (Fsp3) is 0.280. The van der Waals surface area contributed by atoms with Gasteiger partial charge in [-0.1, -0.05) is 30.3 Å². The van der Waals surface area contributed by atoms with E-state index in [9.17, 15) is 14.0 Å². The zero-order valence-corrected chi connectivity index (χ0v) is 18.7. The van der Waals surface area contributed by atoms with Gasteiger partial charge in [0.15, 0.2) is 0 Å². The molecule has 8 heteroatoms. The lowest BCUT2D eigenvalue weighted by atomic mass is 10.0. The highest BCUT2D eigenvalue weighted by Gasteiger charge is 2.25. The molecule has 0 bridgehead atoms. The summed E-state index contributed by atoms with van der Waals surface area (Å²) < 4.78 is 24.5. The molecule has 1 fully saturated rings. The number of carbonyl (C=O) groups excluding carboxylic acids is 2. The molecule has 1 amide bonds. The van der Waals surface area contributed by atoms with Crippen LogP contribution in [-0.4, -0.2) is 36.6 Å². The second-order valence-corrected chi connectivity index (χ2v) is 8.78. The van der Waals surface area contributed by atoms with E-state index in [0.717, 1.165) is 35.1 Å². The van der Waals surface area contributed by atoms with Crippen LogP contribution >= 0.6 is 11.8 Å². The van der Waals surface area contributed by atoms with Crippen molar-refractivity contribution in [2.45, 2.75) is 12.8 Å². The van der Waals surface area contributed by atoms with E-state index in [4.69, 9.17) is 14.3 Å². The van der Waals surface area contributed by atoms with E-state index in [-0.39, 0.29) is 30.5 Å². The average molecular weight is 470 g/mol. The quantitative estimate of drug-likeness (QED) is 0.397. The number of halogens is 1. The van der Waals surface area contributed by atoms with Crippen molar-refractivity contribution in [3.05, 3.63) is 72.0 Å². The molecule has 1 saturated heterocycles. The molecule has 1 aliphatic rings. The summed E-state index contributed by atoms with van der Waals surface area (Å²) in [6.07, 6.45) is 1.50. The largest absolute Gasteiger partial charge is 0.490 e. The summed E-state index contributed by atoms with van der Waals surface area (Å²) in [5.41, 5.74) is 2.53. The van der Waals surface area contributed by atoms with E-state index >= 15 is 0 Å². The number of amides is 1. The molecule has 0 radical (unpaired) electrons. The van der Waals surface area contributed by atoms with E-state index in [1.54, 1.807) is 6.07 Å². The van der Waals surface area contributed by atoms with E-state index < -0.39 is 11.9 Å².